The van der Waals surface area contributed by atoms with Crippen LogP contribution < -0.4 is 5.32 Å². The molecule has 0 spiro atoms. The van der Waals surface area contributed by atoms with Crippen LogP contribution in [0.5, 0.6) is 0 Å². The molecule has 0 aliphatic rings. The largest absolute Gasteiger partial charge is 0.302 e. The van der Waals surface area contributed by atoms with Gasteiger partial charge in [0, 0.05) is 11.6 Å². The lowest BCUT2D eigenvalue weighted by molar-refractivity contribution is 0.313. The quantitative estimate of drug-likeness (QED) is 0.573. The molecule has 100 valence electrons. The van der Waals surface area contributed by atoms with Gasteiger partial charge in [-0.05, 0) is 38.5 Å². The molecule has 0 heterocycles. The average molecular weight is 237 g/mol. The van der Waals surface area contributed by atoms with E-state index in [1.54, 1.807) is 0 Å². The molecule has 0 saturated heterocycles. The average Bonchev–Trinajstić information content (AvgIpc) is 2.36. The van der Waals surface area contributed by atoms with Crippen LogP contribution in [0.1, 0.15) is 60.3 Å². The molecule has 0 unspecified atom stereocenters. The predicted octanol–water partition coefficient (Wildman–Crippen LogP) is 4.70. The zero-order valence-corrected chi connectivity index (χ0v) is 12.5. The van der Waals surface area contributed by atoms with E-state index in [9.17, 15) is 0 Å². The van der Waals surface area contributed by atoms with Crippen molar-refractivity contribution in [2.45, 2.75) is 71.9 Å². The zero-order chi connectivity index (χ0) is 13.5. The first-order valence-corrected chi connectivity index (χ1v) is 7.06. The Morgan fingerprint density at radius 2 is 1.65 bits per heavy atom. The topological polar surface area (TPSA) is 12.0 Å². The van der Waals surface area contributed by atoms with Gasteiger partial charge < -0.3 is 5.32 Å². The molecule has 0 aromatic carbocycles. The number of rotatable bonds is 9. The Balaban J connectivity index is 4.73. The molecule has 0 fully saturated rings. The highest BCUT2D eigenvalue weighted by Gasteiger charge is 2.25. The van der Waals surface area contributed by atoms with Crippen molar-refractivity contribution in [1.82, 2.24) is 5.32 Å². The maximum atomic E-state index is 4.29. The van der Waals surface area contributed by atoms with Crippen LogP contribution in [0.4, 0.5) is 0 Å². The van der Waals surface area contributed by atoms with Crippen LogP contribution in [0.15, 0.2) is 24.8 Å². The lowest BCUT2D eigenvalue weighted by Crippen LogP contribution is -2.48. The van der Waals surface area contributed by atoms with Gasteiger partial charge in [-0.1, -0.05) is 45.9 Å². The van der Waals surface area contributed by atoms with Crippen LogP contribution in [0.2, 0.25) is 0 Å². The minimum atomic E-state index is 0.188. The van der Waals surface area contributed by atoms with Gasteiger partial charge in [0.1, 0.15) is 0 Å². The van der Waals surface area contributed by atoms with Crippen molar-refractivity contribution in [2.24, 2.45) is 5.92 Å². The SMILES string of the molecule is C=C[C@H](NC(C)(CC)CC)C(=C)C(CC)CC. The molecule has 0 aliphatic heterocycles. The normalized spacial score (nSPS) is 13.8. The Labute approximate surface area is 108 Å². The lowest BCUT2D eigenvalue weighted by atomic mass is 9.87. The second-order valence-corrected chi connectivity index (χ2v) is 5.21. The van der Waals surface area contributed by atoms with Gasteiger partial charge in [0.2, 0.25) is 0 Å². The monoisotopic (exact) mass is 237 g/mol. The highest BCUT2D eigenvalue weighted by molar-refractivity contribution is 5.17. The summed E-state index contributed by atoms with van der Waals surface area (Å²) in [5, 5.41) is 3.71. The Hall–Kier alpha value is -0.560. The molecular formula is C16H31N. The van der Waals surface area contributed by atoms with E-state index in [4.69, 9.17) is 0 Å². The Bertz CT molecular complexity index is 234. The van der Waals surface area contributed by atoms with E-state index in [-0.39, 0.29) is 11.6 Å². The highest BCUT2D eigenvalue weighted by Crippen LogP contribution is 2.24. The second-order valence-electron chi connectivity index (χ2n) is 5.21. The fraction of sp³-hybridized carbons (Fsp3) is 0.750. The molecule has 1 nitrogen and oxygen atoms in total. The summed E-state index contributed by atoms with van der Waals surface area (Å²) in [5.41, 5.74) is 1.48. The Morgan fingerprint density at radius 1 is 1.18 bits per heavy atom. The number of nitrogens with one attached hydrogen (secondary N) is 1. The molecule has 0 aromatic rings. The molecule has 0 amide bonds. The van der Waals surface area contributed by atoms with Gasteiger partial charge in [0.15, 0.2) is 0 Å². The first-order chi connectivity index (χ1) is 7.97. The van der Waals surface area contributed by atoms with Crippen molar-refractivity contribution in [1.29, 1.82) is 0 Å². The maximum absolute atomic E-state index is 4.29. The molecule has 0 aromatic heterocycles. The number of hydrogen-bond donors (Lipinski definition) is 1. The summed E-state index contributed by atoms with van der Waals surface area (Å²) >= 11 is 0. The van der Waals surface area contributed by atoms with Crippen LogP contribution in [-0.2, 0) is 0 Å². The van der Waals surface area contributed by atoms with E-state index in [1.165, 1.54) is 5.57 Å². The molecule has 0 bridgehead atoms. The van der Waals surface area contributed by atoms with E-state index in [0.29, 0.717) is 5.92 Å². The van der Waals surface area contributed by atoms with E-state index < -0.39 is 0 Å². The smallest absolute Gasteiger partial charge is 0.0467 e. The standard InChI is InChI=1S/C16H31N/c1-8-14(9-2)13(6)15(10-3)17-16(7,11-4)12-5/h10,14-15,17H,3,6,8-9,11-12H2,1-2,4-5,7H3/t15-/m0/s1. The summed E-state index contributed by atoms with van der Waals surface area (Å²) in [5.74, 6) is 0.600. The van der Waals surface area contributed by atoms with Crippen molar-refractivity contribution in [3.8, 4) is 0 Å². The van der Waals surface area contributed by atoms with Gasteiger partial charge in [0.25, 0.3) is 0 Å². The predicted molar refractivity (Wildman–Crippen MR) is 79.3 cm³/mol. The molecule has 17 heavy (non-hydrogen) atoms. The molecule has 0 aliphatic carbocycles. The van der Waals surface area contributed by atoms with Gasteiger partial charge in [-0.3, -0.25) is 0 Å². The van der Waals surface area contributed by atoms with Gasteiger partial charge in [0.05, 0.1) is 0 Å². The maximum Gasteiger partial charge on any atom is 0.0467 e. The van der Waals surface area contributed by atoms with Crippen molar-refractivity contribution in [2.75, 3.05) is 0 Å². The third-order valence-electron chi connectivity index (χ3n) is 4.21. The Kier molecular flexibility index (Phi) is 7.45. The van der Waals surface area contributed by atoms with E-state index >= 15 is 0 Å². The van der Waals surface area contributed by atoms with Crippen LogP contribution in [-0.4, -0.2) is 11.6 Å². The van der Waals surface area contributed by atoms with Gasteiger partial charge in [-0.2, -0.15) is 0 Å². The first kappa shape index (κ1) is 16.4. The molecule has 1 heteroatoms. The lowest BCUT2D eigenvalue weighted by Gasteiger charge is -2.35. The molecule has 0 rings (SSSR count). The summed E-state index contributed by atoms with van der Waals surface area (Å²) in [6, 6.07) is 0.241. The van der Waals surface area contributed by atoms with E-state index in [2.05, 4.69) is 53.1 Å². The third kappa shape index (κ3) is 4.67. The zero-order valence-electron chi connectivity index (χ0n) is 12.5. The molecule has 1 atom stereocenters. The minimum absolute atomic E-state index is 0.188. The summed E-state index contributed by atoms with van der Waals surface area (Å²) in [6.07, 6.45) is 6.59. The van der Waals surface area contributed by atoms with Gasteiger partial charge in [-0.25, -0.2) is 0 Å². The van der Waals surface area contributed by atoms with Crippen LogP contribution in [0, 0.1) is 5.92 Å². The summed E-state index contributed by atoms with van der Waals surface area (Å²) < 4.78 is 0. The third-order valence-corrected chi connectivity index (χ3v) is 4.21. The van der Waals surface area contributed by atoms with Crippen molar-refractivity contribution in [3.05, 3.63) is 24.8 Å². The second kappa shape index (κ2) is 7.71. The minimum Gasteiger partial charge on any atom is -0.302 e. The fourth-order valence-corrected chi connectivity index (χ4v) is 2.20. The van der Waals surface area contributed by atoms with Crippen molar-refractivity contribution in [3.63, 3.8) is 0 Å². The van der Waals surface area contributed by atoms with Crippen LogP contribution in [0.25, 0.3) is 0 Å². The summed E-state index contributed by atoms with van der Waals surface area (Å²) in [6.45, 7) is 19.5. The van der Waals surface area contributed by atoms with Crippen molar-refractivity contribution >= 4 is 0 Å². The molecule has 0 saturated carbocycles. The van der Waals surface area contributed by atoms with Crippen molar-refractivity contribution < 1.29 is 0 Å². The highest BCUT2D eigenvalue weighted by atomic mass is 15.0. The molecular weight excluding hydrogens is 206 g/mol. The van der Waals surface area contributed by atoms with Crippen LogP contribution >= 0.6 is 0 Å². The van der Waals surface area contributed by atoms with E-state index in [1.807, 2.05) is 6.08 Å². The van der Waals surface area contributed by atoms with Gasteiger partial charge in [-0.15, -0.1) is 6.58 Å². The summed E-state index contributed by atoms with van der Waals surface area (Å²) in [4.78, 5) is 0. The Morgan fingerprint density at radius 3 is 1.94 bits per heavy atom. The molecule has 1 N–H and O–H groups in total. The van der Waals surface area contributed by atoms with Gasteiger partial charge >= 0.3 is 0 Å². The van der Waals surface area contributed by atoms with E-state index in [0.717, 1.165) is 25.7 Å². The van der Waals surface area contributed by atoms with Crippen LogP contribution in [0.3, 0.4) is 0 Å². The molecule has 0 radical (unpaired) electrons. The first-order valence-electron chi connectivity index (χ1n) is 7.06. The number of hydrogen-bond acceptors (Lipinski definition) is 1. The summed E-state index contributed by atoms with van der Waals surface area (Å²) in [7, 11) is 0. The fourth-order valence-electron chi connectivity index (χ4n) is 2.20.